The molecule has 0 unspecified atom stereocenters. The number of ether oxygens (including phenoxy) is 1. The minimum atomic E-state index is -3.46. The maximum Gasteiger partial charge on any atom is 0.306 e. The fourth-order valence-electron chi connectivity index (χ4n) is 0.828. The summed E-state index contributed by atoms with van der Waals surface area (Å²) in [5, 5.41) is 0. The fourth-order valence-corrected chi connectivity index (χ4v) is 1.28. The topological polar surface area (TPSA) is 52.6 Å². The molecule has 0 N–H and O–H groups in total. The van der Waals surface area contributed by atoms with Gasteiger partial charge < -0.3 is 8.92 Å². The van der Waals surface area contributed by atoms with Crippen molar-refractivity contribution in [2.45, 2.75) is 0 Å². The predicted molar refractivity (Wildman–Crippen MR) is 48.5 cm³/mol. The largest absolute Gasteiger partial charge is 0.497 e. The lowest BCUT2D eigenvalue weighted by Gasteiger charge is -2.04. The molecule has 0 aromatic heterocycles. The first-order chi connectivity index (χ1) is 6.01. The molecule has 0 aliphatic heterocycles. The van der Waals surface area contributed by atoms with Crippen LogP contribution in [0.1, 0.15) is 0 Å². The molecule has 0 fully saturated rings. The van der Waals surface area contributed by atoms with Gasteiger partial charge in [0, 0.05) is 6.07 Å². The molecule has 0 amide bonds. The van der Waals surface area contributed by atoms with Gasteiger partial charge in [-0.05, 0) is 12.1 Å². The molecule has 4 nitrogen and oxygen atoms in total. The Balaban J connectivity index is 2.90. The van der Waals surface area contributed by atoms with E-state index in [1.54, 1.807) is 18.2 Å². The van der Waals surface area contributed by atoms with Crippen LogP contribution < -0.4 is 8.92 Å². The number of hydrogen-bond donors (Lipinski definition) is 0. The Kier molecular flexibility index (Phi) is 2.77. The van der Waals surface area contributed by atoms with E-state index in [4.69, 9.17) is 4.74 Å². The van der Waals surface area contributed by atoms with Crippen molar-refractivity contribution in [3.63, 3.8) is 0 Å². The van der Waals surface area contributed by atoms with Crippen molar-refractivity contribution in [3.05, 3.63) is 24.3 Å². The minimum absolute atomic E-state index is 0.252. The Labute approximate surface area is 77.2 Å². The fraction of sp³-hybridized carbons (Fsp3) is 0.250. The van der Waals surface area contributed by atoms with Crippen molar-refractivity contribution >= 4 is 10.1 Å². The number of methoxy groups -OCH3 is 1. The summed E-state index contributed by atoms with van der Waals surface area (Å²) < 4.78 is 31.0. The maximum absolute atomic E-state index is 10.7. The lowest BCUT2D eigenvalue weighted by molar-refractivity contribution is 0.412. The highest BCUT2D eigenvalue weighted by atomic mass is 32.2. The van der Waals surface area contributed by atoms with E-state index >= 15 is 0 Å². The zero-order chi connectivity index (χ0) is 9.90. The average Bonchev–Trinajstić information content (AvgIpc) is 2.01. The Morgan fingerprint density at radius 1 is 1.23 bits per heavy atom. The van der Waals surface area contributed by atoms with E-state index < -0.39 is 10.1 Å². The van der Waals surface area contributed by atoms with E-state index in [0.717, 1.165) is 6.26 Å². The average molecular weight is 202 g/mol. The molecule has 0 radical (unpaired) electrons. The van der Waals surface area contributed by atoms with Crippen LogP contribution in [0, 0.1) is 0 Å². The Hall–Kier alpha value is -1.23. The van der Waals surface area contributed by atoms with Gasteiger partial charge in [0.25, 0.3) is 0 Å². The molecule has 0 heterocycles. The van der Waals surface area contributed by atoms with Gasteiger partial charge in [-0.1, -0.05) is 6.07 Å². The van der Waals surface area contributed by atoms with Crippen molar-refractivity contribution in [2.24, 2.45) is 0 Å². The lowest BCUT2D eigenvalue weighted by Crippen LogP contribution is -2.05. The summed E-state index contributed by atoms with van der Waals surface area (Å²) in [6.45, 7) is 0. The van der Waals surface area contributed by atoms with E-state index in [-0.39, 0.29) is 5.75 Å². The van der Waals surface area contributed by atoms with E-state index in [0.29, 0.717) is 5.75 Å². The third kappa shape index (κ3) is 3.33. The predicted octanol–water partition coefficient (Wildman–Crippen LogP) is 1.03. The van der Waals surface area contributed by atoms with Crippen LogP contribution in [0.4, 0.5) is 0 Å². The highest BCUT2D eigenvalue weighted by Gasteiger charge is 2.04. The van der Waals surface area contributed by atoms with Gasteiger partial charge in [-0.2, -0.15) is 8.42 Å². The summed E-state index contributed by atoms with van der Waals surface area (Å²) in [4.78, 5) is 0. The van der Waals surface area contributed by atoms with Crippen molar-refractivity contribution in [2.75, 3.05) is 13.4 Å². The molecule has 0 spiro atoms. The van der Waals surface area contributed by atoms with Gasteiger partial charge in [0.1, 0.15) is 11.5 Å². The van der Waals surface area contributed by atoms with E-state index in [9.17, 15) is 8.42 Å². The molecule has 72 valence electrons. The van der Waals surface area contributed by atoms with Gasteiger partial charge in [0.05, 0.1) is 13.4 Å². The normalized spacial score (nSPS) is 10.9. The minimum Gasteiger partial charge on any atom is -0.497 e. The third-order valence-electron chi connectivity index (χ3n) is 1.29. The summed E-state index contributed by atoms with van der Waals surface area (Å²) in [6.07, 6.45) is 0.993. The standard InChI is InChI=1S/C8H10O4S/c1-11-7-4-3-5-8(6-7)12-13(2,9)10/h3-6H,1-2H3. The van der Waals surface area contributed by atoms with Crippen LogP contribution in [0.25, 0.3) is 0 Å². The summed E-state index contributed by atoms with van der Waals surface area (Å²) in [5.41, 5.74) is 0. The molecule has 0 bridgehead atoms. The van der Waals surface area contributed by atoms with Gasteiger partial charge >= 0.3 is 10.1 Å². The molecule has 1 rings (SSSR count). The van der Waals surface area contributed by atoms with Gasteiger partial charge in [-0.15, -0.1) is 0 Å². The number of rotatable bonds is 3. The maximum atomic E-state index is 10.7. The summed E-state index contributed by atoms with van der Waals surface area (Å²) in [7, 11) is -1.96. The molecule has 0 aliphatic rings. The highest BCUT2D eigenvalue weighted by molar-refractivity contribution is 7.86. The second kappa shape index (κ2) is 3.66. The lowest BCUT2D eigenvalue weighted by atomic mass is 10.3. The molecule has 0 saturated heterocycles. The summed E-state index contributed by atoms with van der Waals surface area (Å²) in [6, 6.07) is 6.40. The molecular formula is C8H10O4S. The van der Waals surface area contributed by atoms with Crippen LogP contribution in [0.5, 0.6) is 11.5 Å². The van der Waals surface area contributed by atoms with Gasteiger partial charge in [-0.25, -0.2) is 0 Å². The molecule has 5 heteroatoms. The number of hydrogen-bond acceptors (Lipinski definition) is 4. The van der Waals surface area contributed by atoms with Crippen LogP contribution in [0.3, 0.4) is 0 Å². The third-order valence-corrected chi connectivity index (χ3v) is 1.78. The molecule has 0 aliphatic carbocycles. The first-order valence-electron chi connectivity index (χ1n) is 3.55. The Bertz CT molecular complexity index is 383. The second-order valence-corrected chi connectivity index (χ2v) is 4.04. The van der Waals surface area contributed by atoms with Gasteiger partial charge in [0.15, 0.2) is 0 Å². The molecule has 0 saturated carbocycles. The van der Waals surface area contributed by atoms with Gasteiger partial charge in [-0.3, -0.25) is 0 Å². The van der Waals surface area contributed by atoms with Crippen molar-refractivity contribution in [3.8, 4) is 11.5 Å². The first-order valence-corrected chi connectivity index (χ1v) is 5.36. The van der Waals surface area contributed by atoms with Crippen LogP contribution in [-0.2, 0) is 10.1 Å². The summed E-state index contributed by atoms with van der Waals surface area (Å²) in [5.74, 6) is 0.808. The molecule has 0 atom stereocenters. The first kappa shape index (κ1) is 9.85. The van der Waals surface area contributed by atoms with Crippen molar-refractivity contribution in [1.29, 1.82) is 0 Å². The van der Waals surface area contributed by atoms with E-state index in [2.05, 4.69) is 4.18 Å². The van der Waals surface area contributed by atoms with E-state index in [1.807, 2.05) is 0 Å². The van der Waals surface area contributed by atoms with Crippen molar-refractivity contribution < 1.29 is 17.3 Å². The summed E-state index contributed by atoms with van der Waals surface area (Å²) >= 11 is 0. The highest BCUT2D eigenvalue weighted by Crippen LogP contribution is 2.19. The zero-order valence-electron chi connectivity index (χ0n) is 7.35. The Morgan fingerprint density at radius 3 is 2.38 bits per heavy atom. The molecule has 13 heavy (non-hydrogen) atoms. The monoisotopic (exact) mass is 202 g/mol. The van der Waals surface area contributed by atoms with Gasteiger partial charge in [0.2, 0.25) is 0 Å². The quantitative estimate of drug-likeness (QED) is 0.687. The molecule has 1 aromatic carbocycles. The molecule has 1 aromatic rings. The smallest absolute Gasteiger partial charge is 0.306 e. The van der Waals surface area contributed by atoms with Crippen LogP contribution in [0.2, 0.25) is 0 Å². The molecular weight excluding hydrogens is 192 g/mol. The Morgan fingerprint density at radius 2 is 1.85 bits per heavy atom. The SMILES string of the molecule is COc1cccc(OS(C)(=O)=O)c1. The van der Waals surface area contributed by atoms with Crippen molar-refractivity contribution in [1.82, 2.24) is 0 Å². The zero-order valence-corrected chi connectivity index (χ0v) is 8.17. The van der Waals surface area contributed by atoms with Crippen LogP contribution in [-0.4, -0.2) is 21.8 Å². The van der Waals surface area contributed by atoms with Crippen LogP contribution >= 0.6 is 0 Å². The number of benzene rings is 1. The second-order valence-electron chi connectivity index (χ2n) is 2.47. The van der Waals surface area contributed by atoms with Crippen LogP contribution in [0.15, 0.2) is 24.3 Å². The van der Waals surface area contributed by atoms with E-state index in [1.165, 1.54) is 13.2 Å².